The number of aromatic carboxylic acids is 1. The molecule has 0 aliphatic carbocycles. The van der Waals surface area contributed by atoms with E-state index in [4.69, 9.17) is 9.84 Å². The molecule has 14 heavy (non-hydrogen) atoms. The Kier molecular flexibility index (Phi) is 3.11. The number of hydrogen-bond donors (Lipinski definition) is 1. The highest BCUT2D eigenvalue weighted by atomic mass is 16.5. The van der Waals surface area contributed by atoms with Crippen LogP contribution in [0, 0.1) is 5.92 Å². The molecule has 0 atom stereocenters. The zero-order valence-electron chi connectivity index (χ0n) is 8.52. The van der Waals surface area contributed by atoms with E-state index in [9.17, 15) is 4.79 Å². The summed E-state index contributed by atoms with van der Waals surface area (Å²) in [5, 5.41) is 12.9. The normalized spacial score (nSPS) is 10.6. The number of aromatic nitrogens is 2. The van der Waals surface area contributed by atoms with Crippen LogP contribution >= 0.6 is 0 Å². The molecule has 5 nitrogen and oxygen atoms in total. The minimum absolute atomic E-state index is 0.112. The molecule has 0 aromatic carbocycles. The van der Waals surface area contributed by atoms with Gasteiger partial charge in [0.05, 0.1) is 13.3 Å². The molecule has 0 saturated carbocycles. The number of nitrogens with zero attached hydrogens (tertiary/aromatic N) is 2. The van der Waals surface area contributed by atoms with Gasteiger partial charge in [-0.2, -0.15) is 5.10 Å². The summed E-state index contributed by atoms with van der Waals surface area (Å²) in [4.78, 5) is 10.9. The Labute approximate surface area is 82.3 Å². The molecular weight excluding hydrogens is 184 g/mol. The highest BCUT2D eigenvalue weighted by Crippen LogP contribution is 2.18. The summed E-state index contributed by atoms with van der Waals surface area (Å²) in [6, 6.07) is 0. The summed E-state index contributed by atoms with van der Waals surface area (Å²) in [6.45, 7) is 4.57. The third-order valence-corrected chi connectivity index (χ3v) is 1.77. The third kappa shape index (κ3) is 2.04. The van der Waals surface area contributed by atoms with E-state index < -0.39 is 5.97 Å². The number of ether oxygens (including phenoxy) is 1. The minimum Gasteiger partial charge on any atom is -0.493 e. The molecule has 0 bridgehead atoms. The van der Waals surface area contributed by atoms with E-state index in [-0.39, 0.29) is 5.69 Å². The Morgan fingerprint density at radius 2 is 2.36 bits per heavy atom. The number of methoxy groups -OCH3 is 1. The van der Waals surface area contributed by atoms with Crippen LogP contribution < -0.4 is 4.74 Å². The van der Waals surface area contributed by atoms with Gasteiger partial charge in [0.15, 0.2) is 11.4 Å². The number of carbonyl (C=O) groups is 1. The van der Waals surface area contributed by atoms with Crippen LogP contribution in [-0.2, 0) is 6.54 Å². The largest absolute Gasteiger partial charge is 0.493 e. The molecule has 1 aromatic heterocycles. The molecule has 0 aliphatic rings. The predicted molar refractivity (Wildman–Crippen MR) is 50.6 cm³/mol. The molecule has 0 saturated heterocycles. The van der Waals surface area contributed by atoms with Gasteiger partial charge in [-0.05, 0) is 5.92 Å². The van der Waals surface area contributed by atoms with Crippen molar-refractivity contribution in [1.82, 2.24) is 9.78 Å². The standard InChI is InChI=1S/C9H14N2O3/c1-6(2)5-11-8(9(12)13)7(14-3)4-10-11/h4,6H,5H2,1-3H3,(H,12,13). The van der Waals surface area contributed by atoms with Gasteiger partial charge >= 0.3 is 5.97 Å². The Hall–Kier alpha value is -1.52. The second kappa shape index (κ2) is 4.13. The van der Waals surface area contributed by atoms with Crippen LogP contribution in [0.25, 0.3) is 0 Å². The molecule has 0 radical (unpaired) electrons. The van der Waals surface area contributed by atoms with Crippen LogP contribution in [-0.4, -0.2) is 28.0 Å². The van der Waals surface area contributed by atoms with Crippen molar-refractivity contribution in [2.24, 2.45) is 5.92 Å². The van der Waals surface area contributed by atoms with Crippen molar-refractivity contribution in [3.8, 4) is 5.75 Å². The number of carboxylic acids is 1. The first-order valence-electron chi connectivity index (χ1n) is 4.39. The molecule has 1 rings (SSSR count). The molecule has 0 fully saturated rings. The molecule has 0 amide bonds. The second-order valence-electron chi connectivity index (χ2n) is 3.44. The molecule has 0 spiro atoms. The van der Waals surface area contributed by atoms with Gasteiger partial charge in [-0.3, -0.25) is 4.68 Å². The lowest BCUT2D eigenvalue weighted by atomic mass is 10.2. The summed E-state index contributed by atoms with van der Waals surface area (Å²) < 4.78 is 6.35. The first kappa shape index (κ1) is 10.6. The number of hydrogen-bond acceptors (Lipinski definition) is 3. The summed E-state index contributed by atoms with van der Waals surface area (Å²) in [7, 11) is 1.43. The number of rotatable bonds is 4. The summed E-state index contributed by atoms with van der Waals surface area (Å²) in [6.07, 6.45) is 1.42. The van der Waals surface area contributed by atoms with Crippen molar-refractivity contribution in [2.75, 3.05) is 7.11 Å². The molecule has 1 aromatic rings. The van der Waals surface area contributed by atoms with E-state index in [0.29, 0.717) is 18.2 Å². The Bertz CT molecular complexity index is 331. The van der Waals surface area contributed by atoms with E-state index in [1.165, 1.54) is 18.0 Å². The van der Waals surface area contributed by atoms with Crippen LogP contribution in [0.1, 0.15) is 24.3 Å². The summed E-state index contributed by atoms with van der Waals surface area (Å²) in [5.74, 6) is -0.365. The van der Waals surface area contributed by atoms with Crippen LogP contribution in [0.4, 0.5) is 0 Å². The Morgan fingerprint density at radius 3 is 2.79 bits per heavy atom. The lowest BCUT2D eigenvalue weighted by Gasteiger charge is -2.07. The van der Waals surface area contributed by atoms with Crippen molar-refractivity contribution in [1.29, 1.82) is 0 Å². The van der Waals surface area contributed by atoms with E-state index in [0.717, 1.165) is 0 Å². The third-order valence-electron chi connectivity index (χ3n) is 1.77. The predicted octanol–water partition coefficient (Wildman–Crippen LogP) is 1.25. The van der Waals surface area contributed by atoms with E-state index in [1.54, 1.807) is 0 Å². The maximum absolute atomic E-state index is 10.9. The van der Waals surface area contributed by atoms with Crippen molar-refractivity contribution in [3.05, 3.63) is 11.9 Å². The fourth-order valence-electron chi connectivity index (χ4n) is 1.22. The van der Waals surface area contributed by atoms with E-state index in [2.05, 4.69) is 5.10 Å². The lowest BCUT2D eigenvalue weighted by molar-refractivity contribution is 0.0678. The molecule has 0 unspecified atom stereocenters. The molecule has 1 N–H and O–H groups in total. The van der Waals surface area contributed by atoms with Gasteiger partial charge in [0.25, 0.3) is 0 Å². The first-order chi connectivity index (χ1) is 6.56. The minimum atomic E-state index is -1.01. The fraction of sp³-hybridized carbons (Fsp3) is 0.556. The average Bonchev–Trinajstić information content (AvgIpc) is 2.46. The van der Waals surface area contributed by atoms with Crippen molar-refractivity contribution in [2.45, 2.75) is 20.4 Å². The fourth-order valence-corrected chi connectivity index (χ4v) is 1.22. The van der Waals surface area contributed by atoms with Gasteiger partial charge in [-0.25, -0.2) is 4.79 Å². The SMILES string of the molecule is COc1cnn(CC(C)C)c1C(=O)O. The summed E-state index contributed by atoms with van der Waals surface area (Å²) in [5.41, 5.74) is 0.112. The topological polar surface area (TPSA) is 64.4 Å². The van der Waals surface area contributed by atoms with Gasteiger partial charge in [0.2, 0.25) is 0 Å². The molecular formula is C9H14N2O3. The van der Waals surface area contributed by atoms with Crippen LogP contribution in [0.3, 0.4) is 0 Å². The van der Waals surface area contributed by atoms with Crippen molar-refractivity contribution >= 4 is 5.97 Å². The van der Waals surface area contributed by atoms with Crippen molar-refractivity contribution < 1.29 is 14.6 Å². The molecule has 1 heterocycles. The summed E-state index contributed by atoms with van der Waals surface area (Å²) >= 11 is 0. The van der Waals surface area contributed by atoms with Gasteiger partial charge < -0.3 is 9.84 Å². The van der Waals surface area contributed by atoms with E-state index in [1.807, 2.05) is 13.8 Å². The Morgan fingerprint density at radius 1 is 1.71 bits per heavy atom. The second-order valence-corrected chi connectivity index (χ2v) is 3.44. The first-order valence-corrected chi connectivity index (χ1v) is 4.39. The van der Waals surface area contributed by atoms with Gasteiger partial charge in [-0.1, -0.05) is 13.8 Å². The van der Waals surface area contributed by atoms with Crippen molar-refractivity contribution in [3.63, 3.8) is 0 Å². The monoisotopic (exact) mass is 198 g/mol. The highest BCUT2D eigenvalue weighted by molar-refractivity contribution is 5.88. The van der Waals surface area contributed by atoms with Crippen LogP contribution in [0.2, 0.25) is 0 Å². The molecule has 5 heteroatoms. The van der Waals surface area contributed by atoms with Crippen LogP contribution in [0.5, 0.6) is 5.75 Å². The highest BCUT2D eigenvalue weighted by Gasteiger charge is 2.18. The van der Waals surface area contributed by atoms with Gasteiger partial charge in [0.1, 0.15) is 0 Å². The molecule has 0 aliphatic heterocycles. The van der Waals surface area contributed by atoms with Crippen LogP contribution in [0.15, 0.2) is 6.20 Å². The zero-order chi connectivity index (χ0) is 10.7. The average molecular weight is 198 g/mol. The quantitative estimate of drug-likeness (QED) is 0.790. The van der Waals surface area contributed by atoms with Gasteiger partial charge in [0, 0.05) is 6.54 Å². The smallest absolute Gasteiger partial charge is 0.358 e. The maximum atomic E-state index is 10.9. The Balaban J connectivity index is 3.04. The maximum Gasteiger partial charge on any atom is 0.358 e. The zero-order valence-corrected chi connectivity index (χ0v) is 8.52. The van der Waals surface area contributed by atoms with Gasteiger partial charge in [-0.15, -0.1) is 0 Å². The lowest BCUT2D eigenvalue weighted by Crippen LogP contribution is -2.14. The molecule has 78 valence electrons. The number of carboxylic acid groups (broad SMARTS) is 1. The van der Waals surface area contributed by atoms with E-state index >= 15 is 0 Å².